The number of halogens is 3. The van der Waals surface area contributed by atoms with Crippen LogP contribution in [0.3, 0.4) is 0 Å². The number of likely N-dealkylation sites (tertiary alicyclic amines) is 1. The van der Waals surface area contributed by atoms with Crippen LogP contribution in [0, 0.1) is 23.4 Å². The van der Waals surface area contributed by atoms with Crippen molar-refractivity contribution in [2.45, 2.75) is 32.1 Å². The lowest BCUT2D eigenvalue weighted by molar-refractivity contribution is 0.0744. The first-order chi connectivity index (χ1) is 13.5. The molecular weight excluding hydrogens is 389 g/mol. The van der Waals surface area contributed by atoms with Crippen LogP contribution in [0.2, 0.25) is 0 Å². The number of ether oxygens (including phenoxy) is 1. The summed E-state index contributed by atoms with van der Waals surface area (Å²) in [5, 5.41) is 1.63. The van der Waals surface area contributed by atoms with Crippen molar-refractivity contribution >= 4 is 17.2 Å². The Morgan fingerprint density at radius 2 is 2.04 bits per heavy atom. The minimum Gasteiger partial charge on any atom is -0.491 e. The first kappa shape index (κ1) is 19.0. The molecule has 2 aliphatic rings. The molecule has 4 nitrogen and oxygen atoms in total. The van der Waals surface area contributed by atoms with E-state index in [-0.39, 0.29) is 22.2 Å². The van der Waals surface area contributed by atoms with Crippen molar-refractivity contribution in [3.05, 3.63) is 46.4 Å². The molecule has 1 aromatic carbocycles. The fraction of sp³-hybridized carbons (Fsp3) is 0.400. The van der Waals surface area contributed by atoms with Crippen LogP contribution in [0.5, 0.6) is 5.75 Å². The Hall–Kier alpha value is -2.35. The number of carbonyl (C=O) groups is 1. The number of methoxy groups -OCH3 is 1. The molecule has 2 heterocycles. The van der Waals surface area contributed by atoms with Gasteiger partial charge in [0, 0.05) is 17.6 Å². The molecule has 4 rings (SSSR count). The van der Waals surface area contributed by atoms with Crippen LogP contribution in [-0.2, 0) is 0 Å². The van der Waals surface area contributed by atoms with E-state index < -0.39 is 23.2 Å². The van der Waals surface area contributed by atoms with E-state index in [0.29, 0.717) is 12.5 Å². The van der Waals surface area contributed by atoms with Gasteiger partial charge in [-0.2, -0.15) is 4.39 Å². The molecule has 1 fully saturated rings. The second-order valence-corrected chi connectivity index (χ2v) is 7.82. The normalized spacial score (nSPS) is 19.2. The SMILES string of the molecule is COc1c(F)c(F)cc(-c2nc(C(=O)N3CCCC4CCCC=C43)cs2)c1F. The summed E-state index contributed by atoms with van der Waals surface area (Å²) in [5.74, 6) is -4.30. The van der Waals surface area contributed by atoms with Gasteiger partial charge < -0.3 is 9.64 Å². The Bertz CT molecular complexity index is 957. The lowest BCUT2D eigenvalue weighted by atomic mass is 9.85. The van der Waals surface area contributed by atoms with Gasteiger partial charge >= 0.3 is 0 Å². The van der Waals surface area contributed by atoms with E-state index in [1.165, 1.54) is 5.38 Å². The van der Waals surface area contributed by atoms with Gasteiger partial charge in [0.15, 0.2) is 17.4 Å². The number of fused-ring (bicyclic) bond motifs is 1. The predicted octanol–water partition coefficient (Wildman–Crippen LogP) is 5.16. The monoisotopic (exact) mass is 408 g/mol. The molecule has 0 radical (unpaired) electrons. The van der Waals surface area contributed by atoms with Gasteiger partial charge in [-0.15, -0.1) is 11.3 Å². The molecule has 28 heavy (non-hydrogen) atoms. The molecule has 1 unspecified atom stereocenters. The molecule has 1 aliphatic heterocycles. The summed E-state index contributed by atoms with van der Waals surface area (Å²) in [5.41, 5.74) is 1.00. The van der Waals surface area contributed by atoms with E-state index in [9.17, 15) is 18.0 Å². The van der Waals surface area contributed by atoms with Crippen molar-refractivity contribution in [3.63, 3.8) is 0 Å². The summed E-state index contributed by atoms with van der Waals surface area (Å²) in [7, 11) is 1.06. The highest BCUT2D eigenvalue weighted by atomic mass is 32.1. The molecule has 1 aliphatic carbocycles. The number of thiazole rings is 1. The molecule has 2 aromatic rings. The maximum atomic E-state index is 14.5. The van der Waals surface area contributed by atoms with Gasteiger partial charge in [0.05, 0.1) is 12.7 Å². The van der Waals surface area contributed by atoms with Crippen LogP contribution in [0.25, 0.3) is 10.6 Å². The van der Waals surface area contributed by atoms with Gasteiger partial charge in [0.1, 0.15) is 10.7 Å². The second-order valence-electron chi connectivity index (χ2n) is 6.96. The van der Waals surface area contributed by atoms with E-state index in [4.69, 9.17) is 0 Å². The van der Waals surface area contributed by atoms with Crippen LogP contribution < -0.4 is 4.74 Å². The molecule has 148 valence electrons. The van der Waals surface area contributed by atoms with Gasteiger partial charge in [-0.1, -0.05) is 6.08 Å². The quantitative estimate of drug-likeness (QED) is 0.659. The maximum absolute atomic E-state index is 14.5. The molecule has 1 atom stereocenters. The van der Waals surface area contributed by atoms with Crippen molar-refractivity contribution in [1.29, 1.82) is 0 Å². The largest absolute Gasteiger partial charge is 0.491 e. The number of nitrogens with zero attached hydrogens (tertiary/aromatic N) is 2. The third-order valence-electron chi connectivity index (χ3n) is 5.29. The topological polar surface area (TPSA) is 42.4 Å². The van der Waals surface area contributed by atoms with Gasteiger partial charge in [0.25, 0.3) is 5.91 Å². The smallest absolute Gasteiger partial charge is 0.277 e. The number of allylic oxidation sites excluding steroid dienone is 2. The molecule has 0 bridgehead atoms. The van der Waals surface area contributed by atoms with Gasteiger partial charge in [0.2, 0.25) is 5.82 Å². The van der Waals surface area contributed by atoms with Crippen molar-refractivity contribution in [1.82, 2.24) is 9.88 Å². The standard InChI is InChI=1S/C20H19F3N2O2S/c1-27-18-16(22)12(9-13(21)17(18)23)19-24-14(10-28-19)20(26)25-8-4-6-11-5-2-3-7-15(11)25/h7,9-11H,2-6,8H2,1H3. The Morgan fingerprint density at radius 3 is 2.82 bits per heavy atom. The highest BCUT2D eigenvalue weighted by molar-refractivity contribution is 7.13. The van der Waals surface area contributed by atoms with Crippen molar-refractivity contribution in [2.24, 2.45) is 5.92 Å². The van der Waals surface area contributed by atoms with Crippen LogP contribution in [0.4, 0.5) is 13.2 Å². The first-order valence-electron chi connectivity index (χ1n) is 9.20. The number of hydrogen-bond acceptors (Lipinski definition) is 4. The minimum absolute atomic E-state index is 0.101. The molecule has 8 heteroatoms. The number of benzene rings is 1. The van der Waals surface area contributed by atoms with Crippen molar-refractivity contribution in [3.8, 4) is 16.3 Å². The number of amides is 1. The summed E-state index contributed by atoms with van der Waals surface area (Å²) in [6, 6.07) is 0.737. The zero-order chi connectivity index (χ0) is 19.8. The summed E-state index contributed by atoms with van der Waals surface area (Å²) >= 11 is 1.01. The third kappa shape index (κ3) is 3.19. The van der Waals surface area contributed by atoms with E-state index in [0.717, 1.165) is 62.3 Å². The Labute approximate surface area is 164 Å². The zero-order valence-corrected chi connectivity index (χ0v) is 16.1. The fourth-order valence-corrected chi connectivity index (χ4v) is 4.75. The van der Waals surface area contributed by atoms with Crippen LogP contribution in [-0.4, -0.2) is 29.4 Å². The highest BCUT2D eigenvalue weighted by Gasteiger charge is 2.32. The molecule has 0 saturated carbocycles. The molecular formula is C20H19F3N2O2S. The number of hydrogen-bond donors (Lipinski definition) is 0. The number of rotatable bonds is 3. The summed E-state index contributed by atoms with van der Waals surface area (Å²) in [4.78, 5) is 19.0. The maximum Gasteiger partial charge on any atom is 0.277 e. The Balaban J connectivity index is 1.66. The molecule has 0 spiro atoms. The minimum atomic E-state index is -1.39. The lowest BCUT2D eigenvalue weighted by Gasteiger charge is -2.37. The van der Waals surface area contributed by atoms with Crippen molar-refractivity contribution < 1.29 is 22.7 Å². The van der Waals surface area contributed by atoms with Crippen LogP contribution >= 0.6 is 11.3 Å². The van der Waals surface area contributed by atoms with Gasteiger partial charge in [-0.05, 0) is 44.1 Å². The predicted molar refractivity (Wildman–Crippen MR) is 99.7 cm³/mol. The summed E-state index contributed by atoms with van der Waals surface area (Å²) in [6.07, 6.45) is 7.31. The average Bonchev–Trinajstić information content (AvgIpc) is 3.20. The summed E-state index contributed by atoms with van der Waals surface area (Å²) in [6.45, 7) is 0.626. The fourth-order valence-electron chi connectivity index (χ4n) is 3.94. The Kier molecular flexibility index (Phi) is 5.14. The average molecular weight is 408 g/mol. The lowest BCUT2D eigenvalue weighted by Crippen LogP contribution is -2.39. The van der Waals surface area contributed by atoms with E-state index in [1.54, 1.807) is 4.90 Å². The Morgan fingerprint density at radius 1 is 1.25 bits per heavy atom. The van der Waals surface area contributed by atoms with Crippen molar-refractivity contribution in [2.75, 3.05) is 13.7 Å². The summed E-state index contributed by atoms with van der Waals surface area (Å²) < 4.78 is 46.6. The molecule has 0 N–H and O–H groups in total. The zero-order valence-electron chi connectivity index (χ0n) is 15.3. The molecule has 1 amide bonds. The van der Waals surface area contributed by atoms with Gasteiger partial charge in [-0.3, -0.25) is 4.79 Å². The second kappa shape index (κ2) is 7.58. The molecule has 1 saturated heterocycles. The van der Waals surface area contributed by atoms with Gasteiger partial charge in [-0.25, -0.2) is 13.8 Å². The number of carbonyl (C=O) groups excluding carboxylic acids is 1. The first-order valence-corrected chi connectivity index (χ1v) is 10.1. The highest BCUT2D eigenvalue weighted by Crippen LogP contribution is 2.37. The van der Waals surface area contributed by atoms with E-state index in [1.807, 2.05) is 0 Å². The molecule has 1 aromatic heterocycles. The number of piperidine rings is 1. The third-order valence-corrected chi connectivity index (χ3v) is 6.17. The van der Waals surface area contributed by atoms with Crippen LogP contribution in [0.1, 0.15) is 42.6 Å². The number of aromatic nitrogens is 1. The van der Waals surface area contributed by atoms with Crippen LogP contribution in [0.15, 0.2) is 23.2 Å². The van der Waals surface area contributed by atoms with E-state index in [2.05, 4.69) is 15.8 Å². The van der Waals surface area contributed by atoms with E-state index >= 15 is 0 Å².